The van der Waals surface area contributed by atoms with Gasteiger partial charge in [0.05, 0.1) is 24.1 Å². The van der Waals surface area contributed by atoms with E-state index in [0.29, 0.717) is 40.0 Å². The molecule has 0 saturated carbocycles. The molecule has 5 aromatic heterocycles. The number of aromatic nitrogens is 7. The maximum Gasteiger partial charge on any atom is 2.00 e. The van der Waals surface area contributed by atoms with Gasteiger partial charge < -0.3 is 24.0 Å². The predicted molar refractivity (Wildman–Crippen MR) is 206 cm³/mol. The van der Waals surface area contributed by atoms with Crippen LogP contribution in [0.4, 0.5) is 0 Å². The Bertz CT molecular complexity index is 2810. The van der Waals surface area contributed by atoms with Crippen LogP contribution in [-0.2, 0) is 41.5 Å². The van der Waals surface area contributed by atoms with E-state index in [2.05, 4.69) is 39.3 Å². The molecule has 10 aromatic rings. The third-order valence-electron chi connectivity index (χ3n) is 8.94. The van der Waals surface area contributed by atoms with Crippen molar-refractivity contribution in [3.8, 4) is 57.1 Å². The number of ether oxygens (including phenoxy) is 2. The molecule has 10 rings (SSSR count). The van der Waals surface area contributed by atoms with E-state index in [-0.39, 0.29) is 41.5 Å². The van der Waals surface area contributed by atoms with Crippen LogP contribution in [0.25, 0.3) is 66.9 Å². The number of nitrogens with zero attached hydrogens (tertiary/aromatic N) is 7. The van der Waals surface area contributed by atoms with E-state index in [9.17, 15) is 0 Å². The Morgan fingerprint density at radius 1 is 0.482 bits per heavy atom. The fourth-order valence-electron chi connectivity index (χ4n) is 6.46. The Labute approximate surface area is 349 Å². The molecule has 0 unspecified atom stereocenters. The molecule has 0 radical (unpaired) electrons. The van der Waals surface area contributed by atoms with Crippen molar-refractivity contribution in [3.63, 3.8) is 0 Å². The molecule has 0 aliphatic rings. The first kappa shape index (κ1) is 36.7. The molecule has 0 fully saturated rings. The third kappa shape index (κ3) is 7.02. The molecule has 56 heavy (non-hydrogen) atoms. The summed E-state index contributed by atoms with van der Waals surface area (Å²) >= 11 is 0. The summed E-state index contributed by atoms with van der Waals surface area (Å²) in [6.45, 7) is 0. The summed E-state index contributed by atoms with van der Waals surface area (Å²) in [6.07, 6.45) is 8.87. The van der Waals surface area contributed by atoms with Crippen molar-refractivity contribution in [1.82, 2.24) is 34.3 Å². The SMILES string of the molecule is [Pd+2].[Pt+2].[c-]1c(Oc2[c-]c3c(cc2)c2ccc(Oc4[c-]c(-c5ccccn5)ccc4)[c-]c2n3-c2ncc(-n3ncc4ccccc43)cn2)cccc1-c1ccccn1. The van der Waals surface area contributed by atoms with E-state index in [4.69, 9.17) is 19.4 Å². The second-order valence-corrected chi connectivity index (χ2v) is 12.4. The molecule has 5 heterocycles. The van der Waals surface area contributed by atoms with Gasteiger partial charge >= 0.3 is 41.5 Å². The number of pyridine rings is 2. The van der Waals surface area contributed by atoms with Gasteiger partial charge in [-0.2, -0.15) is 28.0 Å². The van der Waals surface area contributed by atoms with Crippen LogP contribution in [0.2, 0.25) is 0 Å². The molecule has 0 N–H and O–H groups in total. The normalized spacial score (nSPS) is 10.9. The molecule has 0 aliphatic carbocycles. The van der Waals surface area contributed by atoms with Crippen molar-refractivity contribution < 1.29 is 51.0 Å². The minimum Gasteiger partial charge on any atom is -0.503 e. The zero-order chi connectivity index (χ0) is 35.8. The summed E-state index contributed by atoms with van der Waals surface area (Å²) in [5.41, 5.74) is 6.37. The molecule has 0 saturated heterocycles. The second kappa shape index (κ2) is 15.8. The van der Waals surface area contributed by atoms with Crippen molar-refractivity contribution in [1.29, 1.82) is 0 Å². The van der Waals surface area contributed by atoms with Crippen molar-refractivity contribution in [2.45, 2.75) is 0 Å². The summed E-state index contributed by atoms with van der Waals surface area (Å²) < 4.78 is 16.4. The smallest absolute Gasteiger partial charge is 0.503 e. The van der Waals surface area contributed by atoms with Gasteiger partial charge in [0.15, 0.2) is 0 Å². The molecule has 5 aromatic carbocycles. The van der Waals surface area contributed by atoms with Gasteiger partial charge in [-0.3, -0.25) is 0 Å². The molecule has 0 atom stereocenters. The number of fused-ring (bicyclic) bond motifs is 4. The second-order valence-electron chi connectivity index (χ2n) is 12.4. The summed E-state index contributed by atoms with van der Waals surface area (Å²) in [5, 5.41) is 7.44. The molecule has 9 nitrogen and oxygen atoms in total. The largest absolute Gasteiger partial charge is 2.00 e. The van der Waals surface area contributed by atoms with Crippen LogP contribution in [0, 0.1) is 24.3 Å². The van der Waals surface area contributed by atoms with Gasteiger partial charge in [-0.25, -0.2) is 14.6 Å². The minimum absolute atomic E-state index is 0. The van der Waals surface area contributed by atoms with Gasteiger partial charge in [-0.15, -0.1) is 71.8 Å². The van der Waals surface area contributed by atoms with Crippen LogP contribution in [0.15, 0.2) is 152 Å². The first-order valence-electron chi connectivity index (χ1n) is 17.2. The van der Waals surface area contributed by atoms with Crippen LogP contribution in [-0.4, -0.2) is 34.3 Å². The summed E-state index contributed by atoms with van der Waals surface area (Å²) in [5.74, 6) is 2.49. The zero-order valence-corrected chi connectivity index (χ0v) is 32.8. The third-order valence-corrected chi connectivity index (χ3v) is 8.94. The van der Waals surface area contributed by atoms with E-state index in [1.807, 2.05) is 137 Å². The topological polar surface area (TPSA) is 92.8 Å². The first-order valence-corrected chi connectivity index (χ1v) is 17.2. The van der Waals surface area contributed by atoms with Gasteiger partial charge in [-0.1, -0.05) is 65.6 Å². The minimum atomic E-state index is 0. The first-order chi connectivity index (χ1) is 26.7. The van der Waals surface area contributed by atoms with Crippen molar-refractivity contribution in [2.24, 2.45) is 0 Å². The Balaban J connectivity index is 0.00000220. The Morgan fingerprint density at radius 2 is 1.02 bits per heavy atom. The number of para-hydroxylation sites is 1. The van der Waals surface area contributed by atoms with Crippen LogP contribution in [0.1, 0.15) is 0 Å². The Morgan fingerprint density at radius 3 is 1.57 bits per heavy atom. The van der Waals surface area contributed by atoms with E-state index >= 15 is 0 Å². The van der Waals surface area contributed by atoms with Crippen LogP contribution in [0.5, 0.6) is 23.0 Å². The van der Waals surface area contributed by atoms with Gasteiger partial charge in [0.25, 0.3) is 0 Å². The van der Waals surface area contributed by atoms with E-state index in [1.54, 1.807) is 24.8 Å². The van der Waals surface area contributed by atoms with Crippen molar-refractivity contribution in [2.75, 3.05) is 0 Å². The summed E-state index contributed by atoms with van der Waals surface area (Å²) in [7, 11) is 0. The Kier molecular flexibility index (Phi) is 10.4. The summed E-state index contributed by atoms with van der Waals surface area (Å²) in [6, 6.07) is 52.5. The van der Waals surface area contributed by atoms with Crippen molar-refractivity contribution >= 4 is 32.7 Å². The van der Waals surface area contributed by atoms with Gasteiger partial charge in [0.2, 0.25) is 5.95 Å². The molecular weight excluding hydrogens is 972 g/mol. The molecule has 0 aliphatic heterocycles. The number of hydrogen-bond donors (Lipinski definition) is 0. The molecule has 272 valence electrons. The quantitative estimate of drug-likeness (QED) is 0.111. The Hall–Kier alpha value is -6.30. The van der Waals surface area contributed by atoms with Gasteiger partial charge in [0.1, 0.15) is 5.69 Å². The van der Waals surface area contributed by atoms with Gasteiger partial charge in [-0.05, 0) is 29.6 Å². The molecule has 0 spiro atoms. The molecule has 11 heteroatoms. The number of rotatable bonds is 8. The molecule has 0 amide bonds. The molecule has 0 bridgehead atoms. The van der Waals surface area contributed by atoms with Crippen LogP contribution < -0.4 is 9.47 Å². The average Bonchev–Trinajstić information content (AvgIpc) is 3.81. The number of hydrogen-bond acceptors (Lipinski definition) is 7. The van der Waals surface area contributed by atoms with Gasteiger partial charge in [0, 0.05) is 40.8 Å². The molecular formula is C45H25N7O2PdPt. The standard InChI is InChI=1S/C45H25N7O2.Pd.Pt/c1-2-16-42-32(9-1)27-50-52(42)33-28-48-45(49-29-33)51-43-25-36(53-34-12-7-10-30(23-34)40-14-3-5-21-46-40)17-19-38(43)39-20-18-37(26-44(39)51)54-35-13-8-11-31(24-35)41-15-4-6-22-47-41;;/h1-22,27-29H;;/q-4;2*+2. The van der Waals surface area contributed by atoms with Crippen molar-refractivity contribution in [3.05, 3.63) is 177 Å². The zero-order valence-electron chi connectivity index (χ0n) is 29.0. The van der Waals surface area contributed by atoms with E-state index in [1.165, 1.54) is 0 Å². The van der Waals surface area contributed by atoms with E-state index in [0.717, 1.165) is 49.9 Å². The number of benzene rings is 5. The van der Waals surface area contributed by atoms with Crippen LogP contribution >= 0.6 is 0 Å². The van der Waals surface area contributed by atoms with Crippen LogP contribution in [0.3, 0.4) is 0 Å². The maximum absolute atomic E-state index is 6.35. The maximum atomic E-state index is 6.35. The fourth-order valence-corrected chi connectivity index (χ4v) is 6.46. The predicted octanol–water partition coefficient (Wildman–Crippen LogP) is 9.82. The average molecular weight is 997 g/mol. The fraction of sp³-hybridized carbons (Fsp3) is 0. The monoisotopic (exact) mass is 996 g/mol. The summed E-state index contributed by atoms with van der Waals surface area (Å²) in [4.78, 5) is 18.6. The van der Waals surface area contributed by atoms with E-state index < -0.39 is 0 Å².